The Hall–Kier alpha value is -0.540. The molecule has 0 fully saturated rings. The number of benzene rings is 1. The van der Waals surface area contributed by atoms with Gasteiger partial charge >= 0.3 is 0 Å². The first-order valence-electron chi connectivity index (χ1n) is 8.14. The zero-order valence-corrected chi connectivity index (χ0v) is 15.5. The average molecular weight is 356 g/mol. The Bertz CT molecular complexity index is 406. The highest BCUT2D eigenvalue weighted by Crippen LogP contribution is 2.25. The predicted molar refractivity (Wildman–Crippen MR) is 95.1 cm³/mol. The van der Waals surface area contributed by atoms with E-state index in [9.17, 15) is 0 Å². The smallest absolute Gasteiger partial charge is 0.120 e. The lowest BCUT2D eigenvalue weighted by molar-refractivity contribution is 0.340. The van der Waals surface area contributed by atoms with Gasteiger partial charge < -0.3 is 10.1 Å². The van der Waals surface area contributed by atoms with Gasteiger partial charge in [-0.3, -0.25) is 0 Å². The van der Waals surface area contributed by atoms with Crippen LogP contribution in [-0.4, -0.2) is 19.7 Å². The molecular weight excluding hydrogens is 326 g/mol. The molecule has 0 spiro atoms. The molecular formula is C18H30BrNO. The first-order valence-corrected chi connectivity index (χ1v) is 8.94. The molecule has 0 radical (unpaired) electrons. The summed E-state index contributed by atoms with van der Waals surface area (Å²) in [6.07, 6.45) is 3.61. The predicted octanol–water partition coefficient (Wildman–Crippen LogP) is 5.05. The average Bonchev–Trinajstić information content (AvgIpc) is 2.43. The molecule has 0 bridgehead atoms. The van der Waals surface area contributed by atoms with Crippen molar-refractivity contribution in [2.45, 2.75) is 47.0 Å². The van der Waals surface area contributed by atoms with E-state index in [1.165, 1.54) is 22.9 Å². The summed E-state index contributed by atoms with van der Waals surface area (Å²) >= 11 is 3.65. The second-order valence-corrected chi connectivity index (χ2v) is 7.07. The van der Waals surface area contributed by atoms with E-state index >= 15 is 0 Å². The molecule has 1 N–H and O–H groups in total. The maximum absolute atomic E-state index is 5.51. The lowest BCUT2D eigenvalue weighted by Gasteiger charge is -2.14. The summed E-state index contributed by atoms with van der Waals surface area (Å²) in [5, 5.41) is 3.52. The van der Waals surface area contributed by atoms with Gasteiger partial charge in [0, 0.05) is 4.47 Å². The molecule has 3 heteroatoms. The Balaban J connectivity index is 2.30. The summed E-state index contributed by atoms with van der Waals surface area (Å²) in [6, 6.07) is 6.32. The van der Waals surface area contributed by atoms with Gasteiger partial charge in [-0.25, -0.2) is 0 Å². The third-order valence-corrected chi connectivity index (χ3v) is 4.35. The molecule has 0 amide bonds. The summed E-state index contributed by atoms with van der Waals surface area (Å²) < 4.78 is 6.68. The minimum atomic E-state index is 0.714. The third kappa shape index (κ3) is 7.87. The minimum Gasteiger partial charge on any atom is -0.494 e. The van der Waals surface area contributed by atoms with Gasteiger partial charge in [-0.2, -0.15) is 0 Å². The zero-order valence-electron chi connectivity index (χ0n) is 13.9. The van der Waals surface area contributed by atoms with Gasteiger partial charge in [0.05, 0.1) is 6.61 Å². The largest absolute Gasteiger partial charge is 0.494 e. The van der Waals surface area contributed by atoms with Crippen LogP contribution in [0.3, 0.4) is 0 Å². The van der Waals surface area contributed by atoms with Crippen molar-refractivity contribution in [3.05, 3.63) is 28.2 Å². The molecule has 0 aliphatic carbocycles. The second kappa shape index (κ2) is 10.2. The molecule has 1 aromatic carbocycles. The molecule has 1 atom stereocenters. The Kier molecular flexibility index (Phi) is 9.02. The zero-order chi connectivity index (χ0) is 15.7. The summed E-state index contributed by atoms with van der Waals surface area (Å²) in [4.78, 5) is 0. The van der Waals surface area contributed by atoms with E-state index in [4.69, 9.17) is 4.74 Å². The number of hydrogen-bond acceptors (Lipinski definition) is 2. The van der Waals surface area contributed by atoms with E-state index in [1.54, 1.807) is 0 Å². The SMILES string of the molecule is CCOc1ccc(CCC(C)CCNCC(C)C)c(Br)c1. The first kappa shape index (κ1) is 18.5. The maximum Gasteiger partial charge on any atom is 0.120 e. The molecule has 120 valence electrons. The number of rotatable bonds is 10. The van der Waals surface area contributed by atoms with Gasteiger partial charge in [-0.05, 0) is 68.8 Å². The number of nitrogens with one attached hydrogen (secondary N) is 1. The highest BCUT2D eigenvalue weighted by molar-refractivity contribution is 9.10. The quantitative estimate of drug-likeness (QED) is 0.592. The van der Waals surface area contributed by atoms with Gasteiger partial charge in [-0.15, -0.1) is 0 Å². The maximum atomic E-state index is 5.51. The number of halogens is 1. The van der Waals surface area contributed by atoms with Crippen LogP contribution in [0.15, 0.2) is 22.7 Å². The van der Waals surface area contributed by atoms with Gasteiger partial charge in [0.1, 0.15) is 5.75 Å². The van der Waals surface area contributed by atoms with E-state index in [-0.39, 0.29) is 0 Å². The highest BCUT2D eigenvalue weighted by Gasteiger charge is 2.06. The Morgan fingerprint density at radius 2 is 1.95 bits per heavy atom. The van der Waals surface area contributed by atoms with E-state index < -0.39 is 0 Å². The van der Waals surface area contributed by atoms with Crippen molar-refractivity contribution in [3.63, 3.8) is 0 Å². The molecule has 0 aliphatic rings. The number of aryl methyl sites for hydroxylation is 1. The molecule has 1 rings (SSSR count). The van der Waals surface area contributed by atoms with Crippen LogP contribution in [0, 0.1) is 11.8 Å². The normalized spacial score (nSPS) is 12.7. The topological polar surface area (TPSA) is 21.3 Å². The van der Waals surface area contributed by atoms with Crippen molar-refractivity contribution in [1.82, 2.24) is 5.32 Å². The molecule has 0 saturated heterocycles. The van der Waals surface area contributed by atoms with Crippen molar-refractivity contribution in [2.24, 2.45) is 11.8 Å². The molecule has 0 saturated carbocycles. The summed E-state index contributed by atoms with van der Waals surface area (Å²) in [5.41, 5.74) is 1.38. The fraction of sp³-hybridized carbons (Fsp3) is 0.667. The molecule has 1 aromatic rings. The molecule has 2 nitrogen and oxygen atoms in total. The van der Waals surface area contributed by atoms with Gasteiger partial charge in [0.15, 0.2) is 0 Å². The van der Waals surface area contributed by atoms with E-state index in [1.807, 2.05) is 6.92 Å². The van der Waals surface area contributed by atoms with Crippen LogP contribution in [-0.2, 0) is 6.42 Å². The minimum absolute atomic E-state index is 0.714. The monoisotopic (exact) mass is 355 g/mol. The van der Waals surface area contributed by atoms with Crippen LogP contribution in [0.4, 0.5) is 0 Å². The van der Waals surface area contributed by atoms with Gasteiger partial charge in [0.2, 0.25) is 0 Å². The van der Waals surface area contributed by atoms with E-state index in [0.29, 0.717) is 6.61 Å². The fourth-order valence-electron chi connectivity index (χ4n) is 2.27. The second-order valence-electron chi connectivity index (χ2n) is 6.22. The van der Waals surface area contributed by atoms with Crippen molar-refractivity contribution < 1.29 is 4.74 Å². The molecule has 0 aromatic heterocycles. The summed E-state index contributed by atoms with van der Waals surface area (Å²) in [6.45, 7) is 11.8. The molecule has 1 unspecified atom stereocenters. The van der Waals surface area contributed by atoms with Crippen LogP contribution < -0.4 is 10.1 Å². The van der Waals surface area contributed by atoms with Crippen molar-refractivity contribution in [2.75, 3.05) is 19.7 Å². The van der Waals surface area contributed by atoms with Crippen LogP contribution >= 0.6 is 15.9 Å². The molecule has 21 heavy (non-hydrogen) atoms. The van der Waals surface area contributed by atoms with Crippen LogP contribution in [0.5, 0.6) is 5.75 Å². The van der Waals surface area contributed by atoms with Gasteiger partial charge in [0.25, 0.3) is 0 Å². The lowest BCUT2D eigenvalue weighted by Crippen LogP contribution is -2.22. The van der Waals surface area contributed by atoms with Crippen LogP contribution in [0.25, 0.3) is 0 Å². The highest BCUT2D eigenvalue weighted by atomic mass is 79.9. The number of ether oxygens (including phenoxy) is 1. The Labute approximate surface area is 138 Å². The molecule has 0 aliphatic heterocycles. The standard InChI is InChI=1S/C18H30BrNO/c1-5-21-17-9-8-16(18(19)12-17)7-6-15(4)10-11-20-13-14(2)3/h8-9,12,14-15,20H,5-7,10-11,13H2,1-4H3. The lowest BCUT2D eigenvalue weighted by atomic mass is 9.98. The Morgan fingerprint density at radius 1 is 1.19 bits per heavy atom. The molecule has 0 heterocycles. The van der Waals surface area contributed by atoms with E-state index in [0.717, 1.165) is 37.1 Å². The van der Waals surface area contributed by atoms with E-state index in [2.05, 4.69) is 60.2 Å². The van der Waals surface area contributed by atoms with Crippen molar-refractivity contribution in [1.29, 1.82) is 0 Å². The Morgan fingerprint density at radius 3 is 2.57 bits per heavy atom. The van der Waals surface area contributed by atoms with Crippen molar-refractivity contribution in [3.8, 4) is 5.75 Å². The van der Waals surface area contributed by atoms with Crippen molar-refractivity contribution >= 4 is 15.9 Å². The fourth-order valence-corrected chi connectivity index (χ4v) is 2.83. The first-order chi connectivity index (χ1) is 10.0. The third-order valence-electron chi connectivity index (χ3n) is 3.61. The summed E-state index contributed by atoms with van der Waals surface area (Å²) in [5.74, 6) is 2.43. The van der Waals surface area contributed by atoms with Crippen LogP contribution in [0.1, 0.15) is 46.1 Å². The number of hydrogen-bond donors (Lipinski definition) is 1. The van der Waals surface area contributed by atoms with Crippen LogP contribution in [0.2, 0.25) is 0 Å². The van der Waals surface area contributed by atoms with Gasteiger partial charge in [-0.1, -0.05) is 42.8 Å². The summed E-state index contributed by atoms with van der Waals surface area (Å²) in [7, 11) is 0.